The van der Waals surface area contributed by atoms with E-state index >= 15 is 0 Å². The van der Waals surface area contributed by atoms with Gasteiger partial charge in [0.2, 0.25) is 4.96 Å². The van der Waals surface area contributed by atoms with E-state index in [2.05, 4.69) is 41.4 Å². The molecule has 0 unspecified atom stereocenters. The third-order valence-electron chi connectivity index (χ3n) is 5.00. The van der Waals surface area contributed by atoms with E-state index in [1.54, 1.807) is 4.40 Å². The van der Waals surface area contributed by atoms with Crippen LogP contribution < -0.4 is 14.8 Å². The first kappa shape index (κ1) is 19.2. The van der Waals surface area contributed by atoms with Crippen LogP contribution in [-0.2, 0) is 6.61 Å². The van der Waals surface area contributed by atoms with E-state index in [4.69, 9.17) is 4.74 Å². The van der Waals surface area contributed by atoms with Gasteiger partial charge >= 0.3 is 0 Å². The van der Waals surface area contributed by atoms with Gasteiger partial charge in [0.05, 0.1) is 4.53 Å². The summed E-state index contributed by atoms with van der Waals surface area (Å²) in [5, 5.41) is 8.41. The number of nitrogens with zero attached hydrogens (tertiary/aromatic N) is 3. The van der Waals surface area contributed by atoms with Gasteiger partial charge in [-0.2, -0.15) is 0 Å². The number of ether oxygens (including phenoxy) is 1. The number of para-hydroxylation sites is 1. The molecule has 31 heavy (non-hydrogen) atoms. The summed E-state index contributed by atoms with van der Waals surface area (Å²) in [7, 11) is 0. The van der Waals surface area contributed by atoms with Gasteiger partial charge in [-0.25, -0.2) is 4.40 Å². The lowest BCUT2D eigenvalue weighted by molar-refractivity contribution is 0.305. The van der Waals surface area contributed by atoms with Gasteiger partial charge in [0.25, 0.3) is 5.56 Å². The first-order chi connectivity index (χ1) is 15.2. The molecule has 0 saturated heterocycles. The predicted molar refractivity (Wildman–Crippen MR) is 123 cm³/mol. The smallest absolute Gasteiger partial charge is 0.276 e. The molecule has 5 rings (SSSR count). The number of hydrogen-bond donors (Lipinski definition) is 0. The van der Waals surface area contributed by atoms with E-state index in [1.165, 1.54) is 16.9 Å². The maximum absolute atomic E-state index is 13.1. The van der Waals surface area contributed by atoms with Crippen LogP contribution in [0.1, 0.15) is 16.7 Å². The van der Waals surface area contributed by atoms with Crippen molar-refractivity contribution in [1.82, 2.24) is 14.6 Å². The molecule has 0 aliphatic heterocycles. The van der Waals surface area contributed by atoms with Crippen molar-refractivity contribution in [1.29, 1.82) is 0 Å². The Hall–Kier alpha value is -3.77. The van der Waals surface area contributed by atoms with E-state index in [-0.39, 0.29) is 5.56 Å². The van der Waals surface area contributed by atoms with Gasteiger partial charge in [0.1, 0.15) is 12.4 Å². The lowest BCUT2D eigenvalue weighted by Crippen LogP contribution is -2.23. The van der Waals surface area contributed by atoms with Gasteiger partial charge in [0.15, 0.2) is 5.82 Å². The van der Waals surface area contributed by atoms with Crippen molar-refractivity contribution in [2.45, 2.75) is 13.5 Å². The summed E-state index contributed by atoms with van der Waals surface area (Å²) in [5.41, 5.74) is 3.89. The zero-order chi connectivity index (χ0) is 21.2. The summed E-state index contributed by atoms with van der Waals surface area (Å²) in [6, 6.07) is 25.6. The Labute approximate surface area is 182 Å². The molecule has 5 aromatic rings. The molecule has 3 aromatic carbocycles. The standard InChI is InChI=1S/C25H19N3O2S/c1-17-11-13-18(14-12-17)16-30-21-10-6-5-9-20(21)15-22-24(29)28-23(26-27-25(28)31-22)19-7-3-2-4-8-19/h2-15H,16H2,1H3/b22-15+. The van der Waals surface area contributed by atoms with Gasteiger partial charge in [0, 0.05) is 11.1 Å². The van der Waals surface area contributed by atoms with Gasteiger partial charge in [-0.3, -0.25) is 4.79 Å². The highest BCUT2D eigenvalue weighted by molar-refractivity contribution is 7.15. The van der Waals surface area contributed by atoms with Crippen molar-refractivity contribution in [2.24, 2.45) is 0 Å². The molecular weight excluding hydrogens is 406 g/mol. The maximum Gasteiger partial charge on any atom is 0.276 e. The van der Waals surface area contributed by atoms with Crippen LogP contribution in [0.25, 0.3) is 22.4 Å². The molecule has 5 nitrogen and oxygen atoms in total. The molecule has 0 atom stereocenters. The fraction of sp³-hybridized carbons (Fsp3) is 0.0800. The Morgan fingerprint density at radius 2 is 1.68 bits per heavy atom. The Morgan fingerprint density at radius 1 is 0.935 bits per heavy atom. The average Bonchev–Trinajstić information content (AvgIpc) is 3.35. The number of aromatic nitrogens is 3. The first-order valence-electron chi connectivity index (χ1n) is 9.91. The minimum Gasteiger partial charge on any atom is -0.488 e. The Morgan fingerprint density at radius 3 is 2.48 bits per heavy atom. The van der Waals surface area contributed by atoms with Crippen LogP contribution in [0.5, 0.6) is 5.75 Å². The van der Waals surface area contributed by atoms with Crippen LogP contribution in [0, 0.1) is 6.92 Å². The summed E-state index contributed by atoms with van der Waals surface area (Å²) < 4.78 is 8.22. The zero-order valence-electron chi connectivity index (χ0n) is 16.9. The predicted octanol–water partition coefficient (Wildman–Crippen LogP) is 4.25. The largest absolute Gasteiger partial charge is 0.488 e. The van der Waals surface area contributed by atoms with Crippen LogP contribution in [0.3, 0.4) is 0 Å². The summed E-state index contributed by atoms with van der Waals surface area (Å²) in [5.74, 6) is 1.29. The summed E-state index contributed by atoms with van der Waals surface area (Å²) in [4.78, 5) is 13.7. The number of thiazole rings is 1. The minimum atomic E-state index is -0.128. The SMILES string of the molecule is Cc1ccc(COc2ccccc2/C=c2/sc3nnc(-c4ccccc4)n3c2=O)cc1. The Balaban J connectivity index is 1.51. The summed E-state index contributed by atoms with van der Waals surface area (Å²) in [6.07, 6.45) is 1.86. The van der Waals surface area contributed by atoms with Crippen LogP contribution in [0.15, 0.2) is 83.7 Å². The molecule has 152 valence electrons. The van der Waals surface area contributed by atoms with E-state index in [0.29, 0.717) is 21.9 Å². The van der Waals surface area contributed by atoms with E-state index < -0.39 is 0 Å². The van der Waals surface area contributed by atoms with Crippen LogP contribution in [0.2, 0.25) is 0 Å². The molecule has 0 aliphatic rings. The molecular formula is C25H19N3O2S. The monoisotopic (exact) mass is 425 g/mol. The highest BCUT2D eigenvalue weighted by Crippen LogP contribution is 2.21. The third kappa shape index (κ3) is 3.85. The van der Waals surface area contributed by atoms with E-state index in [1.807, 2.05) is 60.7 Å². The van der Waals surface area contributed by atoms with Crippen molar-refractivity contribution in [3.05, 3.63) is 110 Å². The molecule has 2 heterocycles. The number of fused-ring (bicyclic) bond motifs is 1. The Bertz CT molecular complexity index is 1450. The van der Waals surface area contributed by atoms with Gasteiger partial charge in [-0.1, -0.05) is 89.7 Å². The Kier molecular flexibility index (Phi) is 5.06. The molecule has 2 aromatic heterocycles. The number of benzene rings is 3. The van der Waals surface area contributed by atoms with Gasteiger partial charge < -0.3 is 4.74 Å². The number of hydrogen-bond acceptors (Lipinski definition) is 5. The van der Waals surface area contributed by atoms with Crippen molar-refractivity contribution in [2.75, 3.05) is 0 Å². The molecule has 0 amide bonds. The fourth-order valence-electron chi connectivity index (χ4n) is 3.35. The number of aryl methyl sites for hydroxylation is 1. The lowest BCUT2D eigenvalue weighted by atomic mass is 10.1. The summed E-state index contributed by atoms with van der Waals surface area (Å²) in [6.45, 7) is 2.53. The summed E-state index contributed by atoms with van der Waals surface area (Å²) >= 11 is 1.32. The fourth-order valence-corrected chi connectivity index (χ4v) is 4.26. The molecule has 0 saturated carbocycles. The highest BCUT2D eigenvalue weighted by atomic mass is 32.1. The molecule has 0 aliphatic carbocycles. The van der Waals surface area contributed by atoms with E-state index in [9.17, 15) is 4.79 Å². The van der Waals surface area contributed by atoms with Crippen LogP contribution in [-0.4, -0.2) is 14.6 Å². The molecule has 6 heteroatoms. The quantitative estimate of drug-likeness (QED) is 0.422. The van der Waals surface area contributed by atoms with Gasteiger partial charge in [-0.15, -0.1) is 10.2 Å². The van der Waals surface area contributed by atoms with E-state index in [0.717, 1.165) is 22.4 Å². The van der Waals surface area contributed by atoms with Crippen LogP contribution >= 0.6 is 11.3 Å². The van der Waals surface area contributed by atoms with Crippen LogP contribution in [0.4, 0.5) is 0 Å². The number of rotatable bonds is 5. The molecule has 0 bridgehead atoms. The second kappa shape index (κ2) is 8.16. The average molecular weight is 426 g/mol. The third-order valence-corrected chi connectivity index (χ3v) is 5.96. The highest BCUT2D eigenvalue weighted by Gasteiger charge is 2.14. The van der Waals surface area contributed by atoms with Crippen molar-refractivity contribution < 1.29 is 4.74 Å². The second-order valence-electron chi connectivity index (χ2n) is 7.24. The second-order valence-corrected chi connectivity index (χ2v) is 8.24. The van der Waals surface area contributed by atoms with Crippen molar-refractivity contribution in [3.63, 3.8) is 0 Å². The maximum atomic E-state index is 13.1. The van der Waals surface area contributed by atoms with Crippen molar-refractivity contribution >= 4 is 22.4 Å². The van der Waals surface area contributed by atoms with Gasteiger partial charge in [-0.05, 0) is 24.6 Å². The molecule has 0 fully saturated rings. The first-order valence-corrected chi connectivity index (χ1v) is 10.7. The minimum absolute atomic E-state index is 0.128. The normalized spacial score (nSPS) is 11.8. The molecule has 0 radical (unpaired) electrons. The topological polar surface area (TPSA) is 56.5 Å². The molecule has 0 spiro atoms. The molecule has 0 N–H and O–H groups in total. The van der Waals surface area contributed by atoms with Crippen molar-refractivity contribution in [3.8, 4) is 17.1 Å². The lowest BCUT2D eigenvalue weighted by Gasteiger charge is -2.09. The zero-order valence-corrected chi connectivity index (χ0v) is 17.7.